The summed E-state index contributed by atoms with van der Waals surface area (Å²) in [7, 11) is 1.74. The summed E-state index contributed by atoms with van der Waals surface area (Å²) in [5.41, 5.74) is 5.87. The number of carbonyl (C=O) groups excluding carboxylic acids is 1. The van der Waals surface area contributed by atoms with Crippen molar-refractivity contribution in [3.05, 3.63) is 66.0 Å². The molecule has 2 saturated carbocycles. The monoisotopic (exact) mass is 526 g/mol. The quantitative estimate of drug-likeness (QED) is 0.404. The van der Waals surface area contributed by atoms with Gasteiger partial charge >= 0.3 is 0 Å². The molecule has 1 unspecified atom stereocenters. The fourth-order valence-electron chi connectivity index (χ4n) is 7.11. The fourth-order valence-corrected chi connectivity index (χ4v) is 7.11. The van der Waals surface area contributed by atoms with E-state index in [1.165, 1.54) is 24.0 Å². The molecule has 1 N–H and O–H groups in total. The number of ether oxygens (including phenoxy) is 1. The molecule has 3 aromatic rings. The van der Waals surface area contributed by atoms with Crippen LogP contribution in [-0.4, -0.2) is 35.4 Å². The first kappa shape index (κ1) is 26.1. The predicted molar refractivity (Wildman–Crippen MR) is 156 cm³/mol. The summed E-state index contributed by atoms with van der Waals surface area (Å²) >= 11 is 0. The summed E-state index contributed by atoms with van der Waals surface area (Å²) in [5.74, 6) is 2.50. The number of hydrogen-bond acceptors (Lipinski definition) is 4. The molecule has 4 aliphatic rings. The Balaban J connectivity index is 1.23. The Kier molecular flexibility index (Phi) is 7.48. The lowest BCUT2D eigenvalue weighted by Gasteiger charge is -2.37. The summed E-state index contributed by atoms with van der Waals surface area (Å²) in [6.45, 7) is 5.11. The Morgan fingerprint density at radius 3 is 2.46 bits per heavy atom. The van der Waals surface area contributed by atoms with Gasteiger partial charge in [0.25, 0.3) is 0 Å². The Bertz CT molecular complexity index is 1300. The highest BCUT2D eigenvalue weighted by molar-refractivity contribution is 5.95. The number of hydrogen-bond donors (Lipinski definition) is 1. The highest BCUT2D eigenvalue weighted by Crippen LogP contribution is 2.39. The SMILES string of the molecule is COc1ccc([C@H]2CC[C@H](CN3c4cccc(c4)-c4cnn(c4)C(C)N[C@H]4CC[C@@H](CC4)C3=O)CC2)cc1C. The second kappa shape index (κ2) is 11.2. The first-order chi connectivity index (χ1) is 19.0. The summed E-state index contributed by atoms with van der Waals surface area (Å²) < 4.78 is 7.50. The number of anilines is 1. The molecule has 1 amide bonds. The van der Waals surface area contributed by atoms with Crippen molar-refractivity contribution in [2.45, 2.75) is 83.3 Å². The van der Waals surface area contributed by atoms with Crippen LogP contribution in [0, 0.1) is 18.8 Å². The summed E-state index contributed by atoms with van der Waals surface area (Å²) in [4.78, 5) is 16.2. The van der Waals surface area contributed by atoms with Crippen LogP contribution in [0.1, 0.15) is 81.5 Å². The molecule has 2 aliphatic carbocycles. The van der Waals surface area contributed by atoms with E-state index in [1.807, 2.05) is 10.9 Å². The number of amides is 1. The molecule has 3 heterocycles. The molecular formula is C33H42N4O2. The van der Waals surface area contributed by atoms with Crippen molar-refractivity contribution >= 4 is 11.6 Å². The highest BCUT2D eigenvalue weighted by Gasteiger charge is 2.33. The molecule has 6 bridgehead atoms. The van der Waals surface area contributed by atoms with E-state index in [4.69, 9.17) is 4.74 Å². The molecule has 7 rings (SSSR count). The van der Waals surface area contributed by atoms with E-state index in [9.17, 15) is 4.79 Å². The van der Waals surface area contributed by atoms with E-state index in [0.29, 0.717) is 23.8 Å². The van der Waals surface area contributed by atoms with Gasteiger partial charge in [-0.1, -0.05) is 24.3 Å². The van der Waals surface area contributed by atoms with Gasteiger partial charge < -0.3 is 9.64 Å². The van der Waals surface area contributed by atoms with Crippen LogP contribution < -0.4 is 15.0 Å². The molecule has 0 saturated heterocycles. The maximum absolute atomic E-state index is 14.1. The maximum atomic E-state index is 14.1. The van der Waals surface area contributed by atoms with Gasteiger partial charge in [-0.05, 0) is 112 Å². The van der Waals surface area contributed by atoms with Crippen LogP contribution in [0.3, 0.4) is 0 Å². The number of aryl methyl sites for hydroxylation is 1. The largest absolute Gasteiger partial charge is 0.496 e. The van der Waals surface area contributed by atoms with Gasteiger partial charge in [-0.3, -0.25) is 14.8 Å². The van der Waals surface area contributed by atoms with Crippen LogP contribution in [0.25, 0.3) is 11.1 Å². The lowest BCUT2D eigenvalue weighted by Crippen LogP contribution is -2.44. The van der Waals surface area contributed by atoms with Crippen molar-refractivity contribution in [2.75, 3.05) is 18.6 Å². The number of carbonyl (C=O) groups is 1. The first-order valence-corrected chi connectivity index (χ1v) is 14.8. The third-order valence-electron chi connectivity index (χ3n) is 9.49. The molecular weight excluding hydrogens is 484 g/mol. The molecule has 1 atom stereocenters. The normalized spacial score (nSPS) is 27.3. The van der Waals surface area contributed by atoms with Crippen molar-refractivity contribution in [3.8, 4) is 16.9 Å². The maximum Gasteiger partial charge on any atom is 0.230 e. The van der Waals surface area contributed by atoms with Crippen molar-refractivity contribution in [3.63, 3.8) is 0 Å². The number of fused-ring (bicyclic) bond motifs is 4. The Hall–Kier alpha value is -3.12. The van der Waals surface area contributed by atoms with Gasteiger partial charge in [-0.25, -0.2) is 0 Å². The van der Waals surface area contributed by atoms with Crippen LogP contribution >= 0.6 is 0 Å². The third-order valence-corrected chi connectivity index (χ3v) is 9.49. The molecule has 39 heavy (non-hydrogen) atoms. The molecule has 0 radical (unpaired) electrons. The number of methoxy groups -OCH3 is 1. The smallest absolute Gasteiger partial charge is 0.230 e. The highest BCUT2D eigenvalue weighted by atomic mass is 16.5. The van der Waals surface area contributed by atoms with E-state index in [2.05, 4.69) is 77.8 Å². The van der Waals surface area contributed by atoms with E-state index in [-0.39, 0.29) is 12.1 Å². The predicted octanol–water partition coefficient (Wildman–Crippen LogP) is 6.85. The van der Waals surface area contributed by atoms with Crippen LogP contribution in [-0.2, 0) is 4.79 Å². The average Bonchev–Trinajstić information content (AvgIpc) is 3.47. The number of aromatic nitrogens is 2. The van der Waals surface area contributed by atoms with Gasteiger partial charge in [-0.2, -0.15) is 5.10 Å². The van der Waals surface area contributed by atoms with Gasteiger partial charge in [0.05, 0.1) is 19.5 Å². The molecule has 1 aromatic heterocycles. The Morgan fingerprint density at radius 2 is 1.72 bits per heavy atom. The van der Waals surface area contributed by atoms with Crippen LogP contribution in [0.4, 0.5) is 5.69 Å². The van der Waals surface area contributed by atoms with Gasteiger partial charge in [0.15, 0.2) is 0 Å². The minimum Gasteiger partial charge on any atom is -0.496 e. The number of rotatable bonds is 4. The topological polar surface area (TPSA) is 59.4 Å². The van der Waals surface area contributed by atoms with Crippen LogP contribution in [0.5, 0.6) is 5.75 Å². The average molecular weight is 527 g/mol. The van der Waals surface area contributed by atoms with Crippen molar-refractivity contribution in [1.82, 2.24) is 15.1 Å². The van der Waals surface area contributed by atoms with Crippen molar-refractivity contribution < 1.29 is 9.53 Å². The zero-order valence-electron chi connectivity index (χ0n) is 23.6. The zero-order chi connectivity index (χ0) is 26.9. The van der Waals surface area contributed by atoms with E-state index < -0.39 is 0 Å². The molecule has 6 heteroatoms. The van der Waals surface area contributed by atoms with E-state index >= 15 is 0 Å². The van der Waals surface area contributed by atoms with Crippen molar-refractivity contribution in [2.24, 2.45) is 11.8 Å². The standard InChI is InChI=1S/C33H42N4O2/c1-22-17-28(13-16-32(22)39-3)25-9-7-24(8-10-25)20-36-31-6-4-5-27(18-31)29-19-34-37(21-29)23(2)35-30-14-11-26(12-15-30)33(36)38/h4-6,13,16-19,21,23-26,30,35H,7-12,14-15,20H2,1-3H3/t23?,24-,25-,26-,30-. The van der Waals surface area contributed by atoms with Crippen molar-refractivity contribution in [1.29, 1.82) is 0 Å². The summed E-state index contributed by atoms with van der Waals surface area (Å²) in [6.07, 6.45) is 12.8. The molecule has 6 nitrogen and oxygen atoms in total. The number of benzene rings is 2. The second-order valence-electron chi connectivity index (χ2n) is 12.0. The minimum atomic E-state index is 0.107. The molecule has 2 fully saturated rings. The number of nitrogens with zero attached hydrogens (tertiary/aromatic N) is 3. The van der Waals surface area contributed by atoms with E-state index in [0.717, 1.165) is 67.6 Å². The van der Waals surface area contributed by atoms with E-state index in [1.54, 1.807) is 7.11 Å². The van der Waals surface area contributed by atoms with Crippen LogP contribution in [0.15, 0.2) is 54.9 Å². The fraction of sp³-hybridized carbons (Fsp3) is 0.515. The molecule has 0 spiro atoms. The zero-order valence-corrected chi connectivity index (χ0v) is 23.6. The molecule has 206 valence electrons. The lowest BCUT2D eigenvalue weighted by molar-refractivity contribution is -0.123. The first-order valence-electron chi connectivity index (χ1n) is 14.8. The van der Waals surface area contributed by atoms with Gasteiger partial charge in [-0.15, -0.1) is 0 Å². The lowest BCUT2D eigenvalue weighted by atomic mass is 9.78. The summed E-state index contributed by atoms with van der Waals surface area (Å²) in [5, 5.41) is 8.41. The Morgan fingerprint density at radius 1 is 0.949 bits per heavy atom. The van der Waals surface area contributed by atoms with Gasteiger partial charge in [0, 0.05) is 36.0 Å². The Labute approximate surface area is 232 Å². The number of nitrogens with one attached hydrogen (secondary N) is 1. The molecule has 2 aromatic carbocycles. The minimum absolute atomic E-state index is 0.107. The van der Waals surface area contributed by atoms with Crippen LogP contribution in [0.2, 0.25) is 0 Å². The third kappa shape index (κ3) is 5.49. The van der Waals surface area contributed by atoms with Gasteiger partial charge in [0.2, 0.25) is 5.91 Å². The summed E-state index contributed by atoms with van der Waals surface area (Å²) in [6, 6.07) is 15.6. The second-order valence-corrected chi connectivity index (χ2v) is 12.0. The molecule has 2 aliphatic heterocycles. The van der Waals surface area contributed by atoms with Gasteiger partial charge in [0.1, 0.15) is 5.75 Å².